The van der Waals surface area contributed by atoms with Crippen molar-refractivity contribution in [2.45, 2.75) is 25.7 Å². The summed E-state index contributed by atoms with van der Waals surface area (Å²) in [5.41, 5.74) is 7.65. The Balaban J connectivity index is 1.53. The summed E-state index contributed by atoms with van der Waals surface area (Å²) in [6.07, 6.45) is 6.11. The van der Waals surface area contributed by atoms with E-state index in [1.54, 1.807) is 20.4 Å². The minimum absolute atomic E-state index is 0.245. The van der Waals surface area contributed by atoms with E-state index < -0.39 is 0 Å². The van der Waals surface area contributed by atoms with Gasteiger partial charge in [-0.3, -0.25) is 4.79 Å². The Kier molecular flexibility index (Phi) is 5.02. The molecule has 28 heavy (non-hydrogen) atoms. The lowest BCUT2D eigenvalue weighted by molar-refractivity contribution is 0.0955. The number of carbonyl (C=O) groups is 1. The second kappa shape index (κ2) is 7.76. The van der Waals surface area contributed by atoms with Crippen LogP contribution in [0.3, 0.4) is 0 Å². The van der Waals surface area contributed by atoms with Gasteiger partial charge in [-0.25, -0.2) is 5.43 Å². The normalized spacial score (nSPS) is 13.5. The standard InChI is InChI=1S/C22H23N3O3/c1-27-20-9-5-6-15(21(20)28-2)13-23-25-22(26)14-10-11-19-17(12-14)16-7-3-4-8-18(16)24-19/h5-6,9-13,24H,3-4,7-8H2,1-2H3,(H,25,26)/b23-13+. The maximum atomic E-state index is 12.6. The van der Waals surface area contributed by atoms with Crippen molar-refractivity contribution in [3.05, 3.63) is 58.8 Å². The molecule has 1 aliphatic carbocycles. The van der Waals surface area contributed by atoms with E-state index in [1.807, 2.05) is 36.4 Å². The molecule has 1 aliphatic rings. The molecular weight excluding hydrogens is 354 g/mol. The molecule has 0 unspecified atom stereocenters. The summed E-state index contributed by atoms with van der Waals surface area (Å²) in [6, 6.07) is 11.2. The molecule has 0 spiro atoms. The molecular formula is C22H23N3O3. The molecule has 0 fully saturated rings. The highest BCUT2D eigenvalue weighted by Gasteiger charge is 2.16. The van der Waals surface area contributed by atoms with Crippen molar-refractivity contribution in [3.8, 4) is 11.5 Å². The van der Waals surface area contributed by atoms with Crippen LogP contribution in [-0.2, 0) is 12.8 Å². The minimum atomic E-state index is -0.245. The quantitative estimate of drug-likeness (QED) is 0.524. The second-order valence-corrected chi connectivity index (χ2v) is 6.83. The Morgan fingerprint density at radius 2 is 2.00 bits per heavy atom. The molecule has 0 atom stereocenters. The predicted octanol–water partition coefficient (Wildman–Crippen LogP) is 3.83. The van der Waals surface area contributed by atoms with E-state index in [2.05, 4.69) is 15.5 Å². The number of hydrazone groups is 1. The van der Waals surface area contributed by atoms with Crippen LogP contribution in [0.4, 0.5) is 0 Å². The molecule has 2 N–H and O–H groups in total. The van der Waals surface area contributed by atoms with Crippen LogP contribution in [0.5, 0.6) is 11.5 Å². The summed E-state index contributed by atoms with van der Waals surface area (Å²) < 4.78 is 10.6. The van der Waals surface area contributed by atoms with Gasteiger partial charge in [0.2, 0.25) is 0 Å². The first-order chi connectivity index (χ1) is 13.7. The number of aromatic amines is 1. The van der Waals surface area contributed by atoms with Gasteiger partial charge < -0.3 is 14.5 Å². The van der Waals surface area contributed by atoms with Crippen LogP contribution in [0.25, 0.3) is 10.9 Å². The number of nitrogens with one attached hydrogen (secondary N) is 2. The number of benzene rings is 2. The van der Waals surface area contributed by atoms with Crippen molar-refractivity contribution in [1.29, 1.82) is 0 Å². The third-order valence-electron chi connectivity index (χ3n) is 5.16. The van der Waals surface area contributed by atoms with Crippen molar-refractivity contribution in [3.63, 3.8) is 0 Å². The van der Waals surface area contributed by atoms with Gasteiger partial charge in [0.05, 0.1) is 20.4 Å². The number of nitrogens with zero attached hydrogens (tertiary/aromatic N) is 1. The van der Waals surface area contributed by atoms with E-state index >= 15 is 0 Å². The number of H-pyrrole nitrogens is 1. The van der Waals surface area contributed by atoms with Gasteiger partial charge in [0, 0.05) is 27.7 Å². The first-order valence-electron chi connectivity index (χ1n) is 9.39. The molecule has 6 nitrogen and oxygen atoms in total. The zero-order valence-electron chi connectivity index (χ0n) is 16.0. The molecule has 2 aromatic carbocycles. The molecule has 0 radical (unpaired) electrons. The number of aromatic nitrogens is 1. The van der Waals surface area contributed by atoms with Crippen molar-refractivity contribution >= 4 is 23.0 Å². The van der Waals surface area contributed by atoms with E-state index in [-0.39, 0.29) is 5.91 Å². The fourth-order valence-corrected chi connectivity index (χ4v) is 3.79. The number of aryl methyl sites for hydroxylation is 2. The summed E-state index contributed by atoms with van der Waals surface area (Å²) in [6.45, 7) is 0. The summed E-state index contributed by atoms with van der Waals surface area (Å²) >= 11 is 0. The van der Waals surface area contributed by atoms with Gasteiger partial charge in [0.15, 0.2) is 11.5 Å². The maximum Gasteiger partial charge on any atom is 0.271 e. The van der Waals surface area contributed by atoms with Gasteiger partial charge in [0.25, 0.3) is 5.91 Å². The van der Waals surface area contributed by atoms with Crippen LogP contribution < -0.4 is 14.9 Å². The van der Waals surface area contributed by atoms with Crippen molar-refractivity contribution in [2.75, 3.05) is 14.2 Å². The highest BCUT2D eigenvalue weighted by atomic mass is 16.5. The SMILES string of the molecule is COc1cccc(/C=N/NC(=O)c2ccc3[nH]c4c(c3c2)CCCC4)c1OC. The average Bonchev–Trinajstić information content (AvgIpc) is 3.11. The van der Waals surface area contributed by atoms with Gasteiger partial charge in [-0.15, -0.1) is 0 Å². The van der Waals surface area contributed by atoms with Crippen LogP contribution >= 0.6 is 0 Å². The smallest absolute Gasteiger partial charge is 0.271 e. The zero-order valence-corrected chi connectivity index (χ0v) is 16.0. The van der Waals surface area contributed by atoms with Crippen molar-refractivity contribution < 1.29 is 14.3 Å². The molecule has 1 amide bonds. The number of fused-ring (bicyclic) bond motifs is 3. The molecule has 0 saturated carbocycles. The number of hydrogen-bond acceptors (Lipinski definition) is 4. The van der Waals surface area contributed by atoms with Gasteiger partial charge in [-0.05, 0) is 61.6 Å². The number of ether oxygens (including phenoxy) is 2. The third-order valence-corrected chi connectivity index (χ3v) is 5.16. The molecule has 1 aromatic heterocycles. The highest BCUT2D eigenvalue weighted by Crippen LogP contribution is 2.30. The number of para-hydroxylation sites is 1. The second-order valence-electron chi connectivity index (χ2n) is 6.83. The number of carbonyl (C=O) groups excluding carboxylic acids is 1. The summed E-state index contributed by atoms with van der Waals surface area (Å²) in [5.74, 6) is 0.939. The van der Waals surface area contributed by atoms with E-state index in [1.165, 1.54) is 24.1 Å². The average molecular weight is 377 g/mol. The molecule has 3 aromatic rings. The fraction of sp³-hybridized carbons (Fsp3) is 0.273. The summed E-state index contributed by atoms with van der Waals surface area (Å²) in [7, 11) is 3.15. The summed E-state index contributed by atoms with van der Waals surface area (Å²) in [5, 5.41) is 5.23. The lowest BCUT2D eigenvalue weighted by Crippen LogP contribution is -2.17. The monoisotopic (exact) mass is 377 g/mol. The Bertz CT molecular complexity index is 1050. The van der Waals surface area contributed by atoms with Crippen LogP contribution in [0, 0.1) is 0 Å². The van der Waals surface area contributed by atoms with E-state index in [0.29, 0.717) is 17.1 Å². The first-order valence-corrected chi connectivity index (χ1v) is 9.39. The lowest BCUT2D eigenvalue weighted by Gasteiger charge is -2.10. The molecule has 0 aliphatic heterocycles. The van der Waals surface area contributed by atoms with Crippen molar-refractivity contribution in [1.82, 2.24) is 10.4 Å². The first kappa shape index (κ1) is 18.1. The number of rotatable bonds is 5. The van der Waals surface area contributed by atoms with Gasteiger partial charge in [-0.2, -0.15) is 5.10 Å². The molecule has 4 rings (SSSR count). The molecule has 144 valence electrons. The van der Waals surface area contributed by atoms with Crippen LogP contribution in [0.15, 0.2) is 41.5 Å². The number of hydrogen-bond donors (Lipinski definition) is 2. The third kappa shape index (κ3) is 3.33. The summed E-state index contributed by atoms with van der Waals surface area (Å²) in [4.78, 5) is 16.0. The topological polar surface area (TPSA) is 75.7 Å². The Labute approximate surface area is 163 Å². The van der Waals surface area contributed by atoms with Crippen LogP contribution in [0.2, 0.25) is 0 Å². The molecule has 0 bridgehead atoms. The molecule has 1 heterocycles. The van der Waals surface area contributed by atoms with Crippen LogP contribution in [0.1, 0.15) is 40.0 Å². The number of methoxy groups -OCH3 is 2. The maximum absolute atomic E-state index is 12.6. The zero-order chi connectivity index (χ0) is 19.5. The van der Waals surface area contributed by atoms with Crippen molar-refractivity contribution in [2.24, 2.45) is 5.10 Å². The Morgan fingerprint density at radius 3 is 2.82 bits per heavy atom. The molecule has 6 heteroatoms. The Morgan fingerprint density at radius 1 is 1.14 bits per heavy atom. The van der Waals surface area contributed by atoms with E-state index in [4.69, 9.17) is 9.47 Å². The fourth-order valence-electron chi connectivity index (χ4n) is 3.79. The Hall–Kier alpha value is -3.28. The largest absolute Gasteiger partial charge is 0.493 e. The lowest BCUT2D eigenvalue weighted by atomic mass is 9.95. The number of amides is 1. The van der Waals surface area contributed by atoms with E-state index in [0.717, 1.165) is 29.3 Å². The van der Waals surface area contributed by atoms with Crippen LogP contribution in [-0.4, -0.2) is 31.3 Å². The molecule has 0 saturated heterocycles. The van der Waals surface area contributed by atoms with Gasteiger partial charge >= 0.3 is 0 Å². The van der Waals surface area contributed by atoms with Gasteiger partial charge in [0.1, 0.15) is 0 Å². The van der Waals surface area contributed by atoms with E-state index in [9.17, 15) is 4.79 Å². The highest BCUT2D eigenvalue weighted by molar-refractivity contribution is 5.99. The van der Waals surface area contributed by atoms with Gasteiger partial charge in [-0.1, -0.05) is 6.07 Å². The minimum Gasteiger partial charge on any atom is -0.493 e. The predicted molar refractivity (Wildman–Crippen MR) is 110 cm³/mol.